The van der Waals surface area contributed by atoms with Crippen molar-refractivity contribution in [2.75, 3.05) is 14.2 Å². The molecule has 0 amide bonds. The van der Waals surface area contributed by atoms with Crippen LogP contribution in [-0.4, -0.2) is 37.9 Å². The predicted molar refractivity (Wildman–Crippen MR) is 86.8 cm³/mol. The first kappa shape index (κ1) is 16.6. The van der Waals surface area contributed by atoms with Gasteiger partial charge in [0.2, 0.25) is 0 Å². The average molecular weight is 328 g/mol. The van der Waals surface area contributed by atoms with Crippen LogP contribution in [0.2, 0.25) is 0 Å². The maximum atomic E-state index is 13.2. The Morgan fingerprint density at radius 2 is 1.79 bits per heavy atom. The molecule has 3 rings (SSSR count). The molecule has 4 unspecified atom stereocenters. The third-order valence-electron chi connectivity index (χ3n) is 5.29. The number of hydrogen-bond acceptors (Lipinski definition) is 5. The third kappa shape index (κ3) is 2.23. The lowest BCUT2D eigenvalue weighted by Crippen LogP contribution is -2.56. The topological polar surface area (TPSA) is 69.7 Å². The Morgan fingerprint density at radius 1 is 1.12 bits per heavy atom. The monoisotopic (exact) mass is 328 g/mol. The van der Waals surface area contributed by atoms with Crippen LogP contribution >= 0.6 is 0 Å². The Labute approximate surface area is 140 Å². The Morgan fingerprint density at radius 3 is 2.42 bits per heavy atom. The summed E-state index contributed by atoms with van der Waals surface area (Å²) in [6, 6.07) is 6.84. The second-order valence-corrected chi connectivity index (χ2v) is 6.48. The summed E-state index contributed by atoms with van der Waals surface area (Å²) in [4.78, 5) is 38.1. The van der Waals surface area contributed by atoms with Crippen LogP contribution < -0.4 is 0 Å². The van der Waals surface area contributed by atoms with E-state index >= 15 is 0 Å². The van der Waals surface area contributed by atoms with Crippen molar-refractivity contribution in [3.05, 3.63) is 47.5 Å². The van der Waals surface area contributed by atoms with E-state index in [4.69, 9.17) is 9.47 Å². The molecular formula is C19H20O5. The van der Waals surface area contributed by atoms with Gasteiger partial charge in [-0.2, -0.15) is 0 Å². The number of ketones is 2. The van der Waals surface area contributed by atoms with Crippen LogP contribution in [0.5, 0.6) is 0 Å². The molecule has 0 saturated carbocycles. The van der Waals surface area contributed by atoms with E-state index in [1.54, 1.807) is 43.3 Å². The third-order valence-corrected chi connectivity index (χ3v) is 5.29. The molecule has 0 N–H and O–H groups in total. The summed E-state index contributed by atoms with van der Waals surface area (Å²) in [7, 11) is 2.84. The summed E-state index contributed by atoms with van der Waals surface area (Å²) in [5.74, 6) is -1.67. The molecule has 126 valence electrons. The molecule has 2 aliphatic carbocycles. The van der Waals surface area contributed by atoms with E-state index in [0.29, 0.717) is 11.1 Å². The highest BCUT2D eigenvalue weighted by Crippen LogP contribution is 2.50. The van der Waals surface area contributed by atoms with E-state index in [2.05, 4.69) is 0 Å². The molecular weight excluding hydrogens is 308 g/mol. The molecule has 0 saturated heterocycles. The summed E-state index contributed by atoms with van der Waals surface area (Å²) in [6.07, 6.45) is 3.13. The maximum Gasteiger partial charge on any atom is 0.306 e. The van der Waals surface area contributed by atoms with Crippen LogP contribution in [0.15, 0.2) is 36.4 Å². The molecule has 0 aliphatic heterocycles. The van der Waals surface area contributed by atoms with Crippen molar-refractivity contribution in [3.8, 4) is 0 Å². The maximum absolute atomic E-state index is 13.2. The van der Waals surface area contributed by atoms with Gasteiger partial charge in [-0.3, -0.25) is 14.4 Å². The second kappa shape index (κ2) is 5.98. The van der Waals surface area contributed by atoms with Gasteiger partial charge >= 0.3 is 5.97 Å². The molecule has 0 bridgehead atoms. The van der Waals surface area contributed by atoms with E-state index in [1.165, 1.54) is 14.2 Å². The molecule has 1 aromatic rings. The van der Waals surface area contributed by atoms with Gasteiger partial charge in [-0.15, -0.1) is 0 Å². The largest absolute Gasteiger partial charge is 0.469 e. The van der Waals surface area contributed by atoms with Crippen molar-refractivity contribution in [2.24, 2.45) is 17.3 Å². The van der Waals surface area contributed by atoms with Crippen LogP contribution in [0.4, 0.5) is 0 Å². The second-order valence-electron chi connectivity index (χ2n) is 6.48. The number of fused-ring (bicyclic) bond motifs is 2. The molecule has 0 fully saturated rings. The van der Waals surface area contributed by atoms with Gasteiger partial charge in [-0.25, -0.2) is 0 Å². The highest BCUT2D eigenvalue weighted by atomic mass is 16.5. The van der Waals surface area contributed by atoms with Gasteiger partial charge in [0.25, 0.3) is 0 Å². The van der Waals surface area contributed by atoms with E-state index in [-0.39, 0.29) is 18.0 Å². The van der Waals surface area contributed by atoms with Crippen molar-refractivity contribution in [1.82, 2.24) is 0 Å². The van der Waals surface area contributed by atoms with E-state index < -0.39 is 29.3 Å². The number of methoxy groups -OCH3 is 2. The number of rotatable bonds is 3. The van der Waals surface area contributed by atoms with Gasteiger partial charge in [0.15, 0.2) is 11.6 Å². The quantitative estimate of drug-likeness (QED) is 0.630. The number of allylic oxidation sites excluding steroid dienone is 1. The Bertz CT molecular complexity index is 735. The molecule has 0 radical (unpaired) electrons. The Balaban J connectivity index is 2.15. The summed E-state index contributed by atoms with van der Waals surface area (Å²) in [5, 5.41) is 0. The van der Waals surface area contributed by atoms with Crippen molar-refractivity contribution in [2.45, 2.75) is 19.4 Å². The van der Waals surface area contributed by atoms with Crippen LogP contribution in [0.3, 0.4) is 0 Å². The zero-order chi connectivity index (χ0) is 17.5. The minimum atomic E-state index is -1.03. The van der Waals surface area contributed by atoms with E-state index in [1.807, 2.05) is 0 Å². The van der Waals surface area contributed by atoms with Crippen molar-refractivity contribution < 1.29 is 23.9 Å². The number of hydrogen-bond donors (Lipinski definition) is 0. The molecule has 0 spiro atoms. The smallest absolute Gasteiger partial charge is 0.306 e. The first-order valence-corrected chi connectivity index (χ1v) is 7.91. The van der Waals surface area contributed by atoms with Crippen LogP contribution in [0, 0.1) is 17.3 Å². The van der Waals surface area contributed by atoms with Crippen LogP contribution in [0.25, 0.3) is 0 Å². The number of Topliss-reactive ketones (excluding diaryl/α,β-unsaturated/α-hetero) is 2. The zero-order valence-corrected chi connectivity index (χ0v) is 13.9. The van der Waals surface area contributed by atoms with Gasteiger partial charge in [0.05, 0.1) is 25.0 Å². The molecule has 0 aromatic heterocycles. The normalized spacial score (nSPS) is 31.4. The first-order chi connectivity index (χ1) is 11.4. The molecule has 2 aliphatic rings. The molecule has 0 heterocycles. The van der Waals surface area contributed by atoms with Crippen molar-refractivity contribution in [3.63, 3.8) is 0 Å². The lowest BCUT2D eigenvalue weighted by Gasteiger charge is -2.48. The molecule has 5 heteroatoms. The lowest BCUT2D eigenvalue weighted by molar-refractivity contribution is -0.142. The van der Waals surface area contributed by atoms with Gasteiger partial charge < -0.3 is 9.47 Å². The first-order valence-electron chi connectivity index (χ1n) is 7.91. The molecule has 1 aromatic carbocycles. The zero-order valence-electron chi connectivity index (χ0n) is 13.9. The lowest BCUT2D eigenvalue weighted by atomic mass is 9.55. The highest BCUT2D eigenvalue weighted by Gasteiger charge is 2.58. The Hall–Kier alpha value is -2.27. The van der Waals surface area contributed by atoms with Crippen LogP contribution in [-0.2, 0) is 14.3 Å². The molecule has 4 atom stereocenters. The van der Waals surface area contributed by atoms with Crippen LogP contribution in [0.1, 0.15) is 34.1 Å². The minimum absolute atomic E-state index is 0.0604. The number of carbonyl (C=O) groups excluding carboxylic acids is 3. The fourth-order valence-electron chi connectivity index (χ4n) is 4.05. The summed E-state index contributed by atoms with van der Waals surface area (Å²) in [6.45, 7) is 1.76. The summed E-state index contributed by atoms with van der Waals surface area (Å²) in [5.41, 5.74) is -0.186. The highest BCUT2D eigenvalue weighted by molar-refractivity contribution is 6.18. The number of ether oxygens (including phenoxy) is 2. The average Bonchev–Trinajstić information content (AvgIpc) is 2.59. The number of carbonyl (C=O) groups is 3. The number of esters is 1. The Kier molecular flexibility index (Phi) is 4.13. The van der Waals surface area contributed by atoms with Crippen molar-refractivity contribution in [1.29, 1.82) is 0 Å². The fourth-order valence-corrected chi connectivity index (χ4v) is 4.05. The predicted octanol–water partition coefficient (Wildman–Crippen LogP) is 2.45. The van der Waals surface area contributed by atoms with Gasteiger partial charge in [0, 0.05) is 24.2 Å². The standard InChI is InChI=1S/C19H20O5/c1-19-14(23-2)9-8-11(10-15(20)24-3)16(19)17(21)12-6-4-5-7-13(12)18(19)22/h4-9,11,14,16H,10H2,1-3H3. The minimum Gasteiger partial charge on any atom is -0.469 e. The molecule has 5 nitrogen and oxygen atoms in total. The molecule has 24 heavy (non-hydrogen) atoms. The SMILES string of the molecule is COC(=O)CC1C=CC(OC)C2(C)C(=O)c3ccccc3C(=O)C12. The fraction of sp³-hybridized carbons (Fsp3) is 0.421. The summed E-state index contributed by atoms with van der Waals surface area (Å²) < 4.78 is 10.3. The van der Waals surface area contributed by atoms with E-state index in [9.17, 15) is 14.4 Å². The van der Waals surface area contributed by atoms with Gasteiger partial charge in [-0.05, 0) is 12.8 Å². The van der Waals surface area contributed by atoms with Gasteiger partial charge in [-0.1, -0.05) is 36.4 Å². The summed E-state index contributed by atoms with van der Waals surface area (Å²) >= 11 is 0. The number of benzene rings is 1. The van der Waals surface area contributed by atoms with E-state index in [0.717, 1.165) is 0 Å². The van der Waals surface area contributed by atoms with Gasteiger partial charge in [0.1, 0.15) is 0 Å². The van der Waals surface area contributed by atoms with Crippen molar-refractivity contribution >= 4 is 17.5 Å².